The van der Waals surface area contributed by atoms with Crippen LogP contribution in [0.3, 0.4) is 0 Å². The van der Waals surface area contributed by atoms with Gasteiger partial charge in [0.05, 0.1) is 13.7 Å². The molecule has 3 rings (SSSR count). The lowest BCUT2D eigenvalue weighted by molar-refractivity contribution is -0.134. The Balaban J connectivity index is 1.61. The molecule has 1 aromatic heterocycles. The van der Waals surface area contributed by atoms with E-state index in [9.17, 15) is 4.79 Å². The number of methoxy groups -OCH3 is 1. The molecule has 0 unspecified atom stereocenters. The summed E-state index contributed by atoms with van der Waals surface area (Å²) in [4.78, 5) is 12.5. The average molecular weight is 401 g/mol. The molecule has 0 atom stereocenters. The standard InChI is InChI=1S/C21H21ClN2O4/c1-21(2,27-17-9-7-15(22)8-10-17)20(25)23-13-16-12-19(28-24-16)14-5-4-6-18(11-14)26-3/h4-12H,13H2,1-3H3,(H,23,25). The second kappa shape index (κ2) is 8.35. The first-order valence-electron chi connectivity index (χ1n) is 8.70. The van der Waals surface area contributed by atoms with Crippen LogP contribution in [0.4, 0.5) is 0 Å². The predicted molar refractivity (Wildman–Crippen MR) is 106 cm³/mol. The Morgan fingerprint density at radius 2 is 1.89 bits per heavy atom. The van der Waals surface area contributed by atoms with Crippen LogP contribution in [0, 0.1) is 0 Å². The fourth-order valence-corrected chi connectivity index (χ4v) is 2.66. The van der Waals surface area contributed by atoms with Crippen LogP contribution in [-0.4, -0.2) is 23.8 Å². The summed E-state index contributed by atoms with van der Waals surface area (Å²) in [5.41, 5.74) is 0.386. The van der Waals surface area contributed by atoms with Crippen molar-refractivity contribution >= 4 is 17.5 Å². The summed E-state index contributed by atoms with van der Waals surface area (Å²) >= 11 is 5.87. The van der Waals surface area contributed by atoms with Gasteiger partial charge in [0.25, 0.3) is 5.91 Å². The fourth-order valence-electron chi connectivity index (χ4n) is 2.53. The number of nitrogens with zero attached hydrogens (tertiary/aromatic N) is 1. The highest BCUT2D eigenvalue weighted by Gasteiger charge is 2.30. The zero-order chi connectivity index (χ0) is 20.1. The lowest BCUT2D eigenvalue weighted by Crippen LogP contribution is -2.46. The van der Waals surface area contributed by atoms with E-state index in [2.05, 4.69) is 10.5 Å². The van der Waals surface area contributed by atoms with E-state index in [1.807, 2.05) is 24.3 Å². The maximum Gasteiger partial charge on any atom is 0.263 e. The van der Waals surface area contributed by atoms with Crippen molar-refractivity contribution in [2.45, 2.75) is 26.0 Å². The minimum atomic E-state index is -1.06. The Hall–Kier alpha value is -2.99. The lowest BCUT2D eigenvalue weighted by Gasteiger charge is -2.25. The van der Waals surface area contributed by atoms with Crippen LogP contribution < -0.4 is 14.8 Å². The van der Waals surface area contributed by atoms with E-state index in [0.29, 0.717) is 22.2 Å². The Bertz CT molecular complexity index is 951. The van der Waals surface area contributed by atoms with Gasteiger partial charge in [0.1, 0.15) is 17.2 Å². The number of benzene rings is 2. The van der Waals surface area contributed by atoms with E-state index >= 15 is 0 Å². The molecule has 0 aliphatic rings. The molecule has 0 aliphatic carbocycles. The van der Waals surface area contributed by atoms with Gasteiger partial charge in [-0.15, -0.1) is 0 Å². The van der Waals surface area contributed by atoms with Gasteiger partial charge in [-0.3, -0.25) is 4.79 Å². The van der Waals surface area contributed by atoms with Gasteiger partial charge in [0.2, 0.25) is 0 Å². The maximum absolute atomic E-state index is 12.5. The number of carbonyl (C=O) groups is 1. The topological polar surface area (TPSA) is 73.6 Å². The molecule has 1 amide bonds. The molecule has 6 nitrogen and oxygen atoms in total. The van der Waals surface area contributed by atoms with Crippen molar-refractivity contribution in [1.82, 2.24) is 10.5 Å². The third-order valence-electron chi connectivity index (χ3n) is 4.08. The summed E-state index contributed by atoms with van der Waals surface area (Å²) in [5, 5.41) is 7.43. The van der Waals surface area contributed by atoms with Crippen LogP contribution >= 0.6 is 11.6 Å². The van der Waals surface area contributed by atoms with Crippen LogP contribution in [0.25, 0.3) is 11.3 Å². The number of halogens is 1. The third kappa shape index (κ3) is 4.84. The molecule has 0 bridgehead atoms. The second-order valence-corrected chi connectivity index (χ2v) is 7.10. The van der Waals surface area contributed by atoms with E-state index in [1.165, 1.54) is 0 Å². The van der Waals surface area contributed by atoms with E-state index in [0.717, 1.165) is 11.3 Å². The average Bonchev–Trinajstić information content (AvgIpc) is 3.17. The van der Waals surface area contributed by atoms with Crippen molar-refractivity contribution in [2.75, 3.05) is 7.11 Å². The zero-order valence-electron chi connectivity index (χ0n) is 15.9. The number of nitrogens with one attached hydrogen (secondary N) is 1. The molecule has 0 saturated heterocycles. The molecular weight excluding hydrogens is 380 g/mol. The van der Waals surface area contributed by atoms with Crippen molar-refractivity contribution < 1.29 is 18.8 Å². The number of ether oxygens (including phenoxy) is 2. The van der Waals surface area contributed by atoms with E-state index in [4.69, 9.17) is 25.6 Å². The number of hydrogen-bond donors (Lipinski definition) is 1. The highest BCUT2D eigenvalue weighted by Crippen LogP contribution is 2.25. The number of amides is 1. The number of rotatable bonds is 7. The minimum absolute atomic E-state index is 0.222. The minimum Gasteiger partial charge on any atom is -0.497 e. The van der Waals surface area contributed by atoms with Gasteiger partial charge in [-0.25, -0.2) is 0 Å². The van der Waals surface area contributed by atoms with Gasteiger partial charge < -0.3 is 19.3 Å². The SMILES string of the molecule is COc1cccc(-c2cc(CNC(=O)C(C)(C)Oc3ccc(Cl)cc3)no2)c1. The summed E-state index contributed by atoms with van der Waals surface area (Å²) < 4.78 is 16.4. The largest absolute Gasteiger partial charge is 0.497 e. The molecule has 2 aromatic carbocycles. The first-order valence-corrected chi connectivity index (χ1v) is 9.08. The first kappa shape index (κ1) is 19.8. The summed E-state index contributed by atoms with van der Waals surface area (Å²) in [5.74, 6) is 1.62. The van der Waals surface area contributed by atoms with Crippen molar-refractivity contribution in [3.63, 3.8) is 0 Å². The maximum atomic E-state index is 12.5. The van der Waals surface area contributed by atoms with Gasteiger partial charge in [-0.2, -0.15) is 0 Å². The second-order valence-electron chi connectivity index (χ2n) is 6.66. The van der Waals surface area contributed by atoms with Gasteiger partial charge in [-0.1, -0.05) is 28.9 Å². The summed E-state index contributed by atoms with van der Waals surface area (Å²) in [7, 11) is 1.61. The molecular formula is C21H21ClN2O4. The zero-order valence-corrected chi connectivity index (χ0v) is 16.6. The predicted octanol–water partition coefficient (Wildman–Crippen LogP) is 4.48. The van der Waals surface area contributed by atoms with Crippen LogP contribution in [0.2, 0.25) is 5.02 Å². The molecule has 0 fully saturated rings. The van der Waals surface area contributed by atoms with Crippen molar-refractivity contribution in [1.29, 1.82) is 0 Å². The van der Waals surface area contributed by atoms with Crippen LogP contribution in [-0.2, 0) is 11.3 Å². The van der Waals surface area contributed by atoms with Crippen molar-refractivity contribution in [2.24, 2.45) is 0 Å². The number of carbonyl (C=O) groups excluding carboxylic acids is 1. The molecule has 3 aromatic rings. The number of hydrogen-bond acceptors (Lipinski definition) is 5. The van der Waals surface area contributed by atoms with Gasteiger partial charge >= 0.3 is 0 Å². The van der Waals surface area contributed by atoms with Crippen LogP contribution in [0.5, 0.6) is 11.5 Å². The molecule has 146 valence electrons. The normalized spacial score (nSPS) is 11.1. The fraction of sp³-hybridized carbons (Fsp3) is 0.238. The number of aromatic nitrogens is 1. The molecule has 7 heteroatoms. The van der Waals surface area contributed by atoms with Crippen molar-refractivity contribution in [3.05, 3.63) is 65.3 Å². The highest BCUT2D eigenvalue weighted by atomic mass is 35.5. The van der Waals surface area contributed by atoms with E-state index in [1.54, 1.807) is 51.3 Å². The lowest BCUT2D eigenvalue weighted by atomic mass is 10.1. The van der Waals surface area contributed by atoms with Crippen LogP contribution in [0.15, 0.2) is 59.1 Å². The van der Waals surface area contributed by atoms with E-state index < -0.39 is 5.60 Å². The Morgan fingerprint density at radius 3 is 2.61 bits per heavy atom. The molecule has 28 heavy (non-hydrogen) atoms. The molecule has 0 spiro atoms. The monoisotopic (exact) mass is 400 g/mol. The quantitative estimate of drug-likeness (QED) is 0.633. The Kier molecular flexibility index (Phi) is 5.90. The van der Waals surface area contributed by atoms with Crippen LogP contribution in [0.1, 0.15) is 19.5 Å². The summed E-state index contributed by atoms with van der Waals surface area (Å²) in [6.07, 6.45) is 0. The molecule has 0 aliphatic heterocycles. The summed E-state index contributed by atoms with van der Waals surface area (Å²) in [6.45, 7) is 3.61. The smallest absolute Gasteiger partial charge is 0.263 e. The third-order valence-corrected chi connectivity index (χ3v) is 4.33. The van der Waals surface area contributed by atoms with Gasteiger partial charge in [0.15, 0.2) is 11.4 Å². The van der Waals surface area contributed by atoms with Gasteiger partial charge in [-0.05, 0) is 50.2 Å². The van der Waals surface area contributed by atoms with Crippen molar-refractivity contribution in [3.8, 4) is 22.8 Å². The Labute approximate surface area is 168 Å². The van der Waals surface area contributed by atoms with E-state index in [-0.39, 0.29) is 12.5 Å². The molecule has 0 saturated carbocycles. The van der Waals surface area contributed by atoms with Gasteiger partial charge in [0, 0.05) is 16.7 Å². The molecule has 1 heterocycles. The Morgan fingerprint density at radius 1 is 1.14 bits per heavy atom. The first-order chi connectivity index (χ1) is 13.4. The molecule has 0 radical (unpaired) electrons. The summed E-state index contributed by atoms with van der Waals surface area (Å²) in [6, 6.07) is 16.1. The highest BCUT2D eigenvalue weighted by molar-refractivity contribution is 6.30. The molecule has 1 N–H and O–H groups in total.